The second-order valence-corrected chi connectivity index (χ2v) is 6.45. The van der Waals surface area contributed by atoms with Gasteiger partial charge in [-0.3, -0.25) is 0 Å². The van der Waals surface area contributed by atoms with E-state index in [9.17, 15) is 0 Å². The summed E-state index contributed by atoms with van der Waals surface area (Å²) in [5.41, 5.74) is 0.705. The number of hydrogen-bond acceptors (Lipinski definition) is 1. The van der Waals surface area contributed by atoms with Crippen LogP contribution >= 0.6 is 0 Å². The first kappa shape index (κ1) is 13.5. The molecule has 1 nitrogen and oxygen atoms in total. The van der Waals surface area contributed by atoms with Crippen LogP contribution < -0.4 is 0 Å². The third kappa shape index (κ3) is 4.05. The second kappa shape index (κ2) is 6.87. The van der Waals surface area contributed by atoms with Gasteiger partial charge in [0.05, 0.1) is 7.74 Å². The average Bonchev–Trinajstić information content (AvgIpc) is 2.47. The molecule has 96 valence electrons. The minimum Gasteiger partial charge on any atom is -0.352 e. The van der Waals surface area contributed by atoms with E-state index >= 15 is 0 Å². The van der Waals surface area contributed by atoms with E-state index in [1.165, 1.54) is 91.0 Å². The minimum atomic E-state index is 0.705. The summed E-state index contributed by atoms with van der Waals surface area (Å²) >= 11 is 0. The fraction of sp³-hybridized carbons (Fsp3) is 1.00. The predicted molar refractivity (Wildman–Crippen MR) is 80.5 cm³/mol. The van der Waals surface area contributed by atoms with Gasteiger partial charge in [0.2, 0.25) is 0 Å². The number of rotatable bonds is 1. The Morgan fingerprint density at radius 2 is 1.29 bits per heavy atom. The van der Waals surface area contributed by atoms with Gasteiger partial charge in [-0.05, 0) is 44.2 Å². The van der Waals surface area contributed by atoms with Crippen LogP contribution in [0.1, 0.15) is 70.6 Å². The largest absolute Gasteiger partial charge is 0.352 e. The molecule has 0 atom stereocenters. The van der Waals surface area contributed by atoms with Crippen LogP contribution in [0.5, 0.6) is 0 Å². The first-order valence-electron chi connectivity index (χ1n) is 8.07. The summed E-state index contributed by atoms with van der Waals surface area (Å²) in [4.78, 5) is 2.73. The lowest BCUT2D eigenvalue weighted by Gasteiger charge is -2.36. The van der Waals surface area contributed by atoms with Crippen LogP contribution in [0, 0.1) is 5.41 Å². The van der Waals surface area contributed by atoms with Gasteiger partial charge in [0.15, 0.2) is 7.31 Å². The predicted octanol–water partition coefficient (Wildman–Crippen LogP) is 2.49. The van der Waals surface area contributed by atoms with Crippen molar-refractivity contribution in [3.8, 4) is 0 Å². The molecule has 0 aromatic rings. The molecule has 1 spiro atoms. The Balaban J connectivity index is 2.00. The van der Waals surface area contributed by atoms with E-state index in [1.54, 1.807) is 0 Å². The van der Waals surface area contributed by atoms with Crippen molar-refractivity contribution in [2.45, 2.75) is 70.6 Å². The molecule has 0 aromatic carbocycles. The summed E-state index contributed by atoms with van der Waals surface area (Å²) in [6, 6.07) is 0. The zero-order valence-corrected chi connectivity index (χ0v) is 11.8. The van der Waals surface area contributed by atoms with E-state index in [4.69, 9.17) is 0 Å². The molecule has 0 amide bonds. The van der Waals surface area contributed by atoms with Gasteiger partial charge >= 0.3 is 0 Å². The van der Waals surface area contributed by atoms with Gasteiger partial charge in [-0.15, -0.1) is 0 Å². The van der Waals surface area contributed by atoms with E-state index in [2.05, 4.69) is 12.5 Å². The summed E-state index contributed by atoms with van der Waals surface area (Å²) in [5, 5.41) is 0. The molecule has 0 radical (unpaired) electrons. The van der Waals surface area contributed by atoms with Crippen LogP contribution in [0.15, 0.2) is 0 Å². The Morgan fingerprint density at radius 3 is 1.88 bits per heavy atom. The Labute approximate surface area is 109 Å². The Kier molecular flexibility index (Phi) is 5.47. The summed E-state index contributed by atoms with van der Waals surface area (Å²) in [7, 11) is 3.61. The molecular formula is C14H29B2N. The van der Waals surface area contributed by atoms with Gasteiger partial charge in [-0.1, -0.05) is 44.9 Å². The van der Waals surface area contributed by atoms with Crippen molar-refractivity contribution in [2.24, 2.45) is 5.41 Å². The lowest BCUT2D eigenvalue weighted by molar-refractivity contribution is 0.179. The van der Waals surface area contributed by atoms with Crippen molar-refractivity contribution < 1.29 is 0 Å². The number of nitrogens with zero attached hydrogens (tertiary/aromatic N) is 1. The molecule has 1 saturated carbocycles. The molecule has 1 saturated heterocycles. The quantitative estimate of drug-likeness (QED) is 0.629. The van der Waals surface area contributed by atoms with Gasteiger partial charge in [0, 0.05) is 0 Å². The highest BCUT2D eigenvalue weighted by molar-refractivity contribution is 6.87. The molecule has 0 unspecified atom stereocenters. The standard InChI is InChI=1S/C14H29B2N/c15-16-17-12-8-7-11-14(13-17)9-5-3-1-2-4-6-10-14/h16H,1-13,15H2. The smallest absolute Gasteiger partial charge is 0.161 e. The lowest BCUT2D eigenvalue weighted by Crippen LogP contribution is -2.38. The van der Waals surface area contributed by atoms with Gasteiger partial charge in [-0.25, -0.2) is 0 Å². The van der Waals surface area contributed by atoms with Crippen LogP contribution in [0.3, 0.4) is 0 Å². The third-order valence-electron chi connectivity index (χ3n) is 5.10. The second-order valence-electron chi connectivity index (χ2n) is 6.45. The SMILES string of the molecule is BBN1CCCCC2(CCCCCCCC2)C1. The highest BCUT2D eigenvalue weighted by Crippen LogP contribution is 2.40. The Morgan fingerprint density at radius 1 is 0.765 bits per heavy atom. The molecule has 17 heavy (non-hydrogen) atoms. The Bertz CT molecular complexity index is 210. The minimum absolute atomic E-state index is 0.705. The summed E-state index contributed by atoms with van der Waals surface area (Å²) in [6.07, 6.45) is 16.4. The fourth-order valence-electron chi connectivity index (χ4n) is 3.98. The van der Waals surface area contributed by atoms with Gasteiger partial charge in [0.25, 0.3) is 0 Å². The first-order chi connectivity index (χ1) is 8.35. The normalized spacial score (nSPS) is 27.8. The van der Waals surface area contributed by atoms with Crippen molar-refractivity contribution in [2.75, 3.05) is 13.1 Å². The topological polar surface area (TPSA) is 3.24 Å². The zero-order chi connectivity index (χ0) is 12.0. The fourth-order valence-corrected chi connectivity index (χ4v) is 3.98. The molecule has 0 bridgehead atoms. The zero-order valence-electron chi connectivity index (χ0n) is 11.8. The van der Waals surface area contributed by atoms with Crippen LogP contribution in [-0.2, 0) is 0 Å². The van der Waals surface area contributed by atoms with Crippen molar-refractivity contribution in [1.82, 2.24) is 4.81 Å². The van der Waals surface area contributed by atoms with Crippen LogP contribution in [0.2, 0.25) is 0 Å². The lowest BCUT2D eigenvalue weighted by atomic mass is 9.63. The van der Waals surface area contributed by atoms with E-state index in [1.807, 2.05) is 0 Å². The summed E-state index contributed by atoms with van der Waals surface area (Å²) < 4.78 is 0. The van der Waals surface area contributed by atoms with Crippen LogP contribution in [-0.4, -0.2) is 32.9 Å². The van der Waals surface area contributed by atoms with Crippen molar-refractivity contribution in [3.63, 3.8) is 0 Å². The van der Waals surface area contributed by atoms with E-state index in [0.29, 0.717) is 5.41 Å². The molecule has 1 aliphatic carbocycles. The van der Waals surface area contributed by atoms with Crippen LogP contribution in [0.25, 0.3) is 0 Å². The van der Waals surface area contributed by atoms with E-state index in [0.717, 1.165) is 0 Å². The molecule has 3 heteroatoms. The van der Waals surface area contributed by atoms with Crippen molar-refractivity contribution >= 4 is 15.0 Å². The average molecular weight is 233 g/mol. The van der Waals surface area contributed by atoms with Crippen molar-refractivity contribution in [1.29, 1.82) is 0 Å². The highest BCUT2D eigenvalue weighted by Gasteiger charge is 2.32. The van der Waals surface area contributed by atoms with E-state index < -0.39 is 0 Å². The maximum atomic E-state index is 2.73. The molecule has 2 rings (SSSR count). The third-order valence-corrected chi connectivity index (χ3v) is 5.10. The summed E-state index contributed by atoms with van der Waals surface area (Å²) in [5.74, 6) is 0. The molecule has 0 aromatic heterocycles. The first-order valence-corrected chi connectivity index (χ1v) is 8.07. The van der Waals surface area contributed by atoms with Gasteiger partial charge in [-0.2, -0.15) is 0 Å². The van der Waals surface area contributed by atoms with Crippen molar-refractivity contribution in [3.05, 3.63) is 0 Å². The highest BCUT2D eigenvalue weighted by atomic mass is 15.0. The molecule has 2 aliphatic rings. The molecule has 1 heterocycles. The Hall–Kier alpha value is 0.0899. The van der Waals surface area contributed by atoms with Gasteiger partial charge in [0.1, 0.15) is 0 Å². The van der Waals surface area contributed by atoms with E-state index in [-0.39, 0.29) is 0 Å². The van der Waals surface area contributed by atoms with Gasteiger partial charge < -0.3 is 4.81 Å². The molecule has 1 aliphatic heterocycles. The maximum absolute atomic E-state index is 2.73. The molecule has 0 N–H and O–H groups in total. The number of hydrogen-bond donors (Lipinski definition) is 0. The summed E-state index contributed by atoms with van der Waals surface area (Å²) in [6.45, 7) is 2.77. The maximum Gasteiger partial charge on any atom is 0.161 e. The monoisotopic (exact) mass is 233 g/mol. The van der Waals surface area contributed by atoms with Crippen LogP contribution in [0.4, 0.5) is 0 Å². The molecular weight excluding hydrogens is 204 g/mol. The molecule has 2 fully saturated rings.